The summed E-state index contributed by atoms with van der Waals surface area (Å²) in [5, 5.41) is 5.44. The first-order valence-corrected chi connectivity index (χ1v) is 12.6. The Morgan fingerprint density at radius 2 is 1.78 bits per heavy atom. The van der Waals surface area contributed by atoms with Gasteiger partial charge in [0.25, 0.3) is 5.91 Å². The number of ketones is 1. The summed E-state index contributed by atoms with van der Waals surface area (Å²) in [6.45, 7) is 1.22. The van der Waals surface area contributed by atoms with Gasteiger partial charge in [0.15, 0.2) is 5.78 Å². The van der Waals surface area contributed by atoms with E-state index < -0.39 is 0 Å². The number of aromatic nitrogens is 2. The number of methoxy groups -OCH3 is 2. The molecule has 0 unspecified atom stereocenters. The predicted octanol–water partition coefficient (Wildman–Crippen LogP) is 4.18. The SMILES string of the molecule is COc1ccc(C(=O)CCC(=O)N2CCC(c3nc(C(=O)Nc4ccc(OC)nc4)cs3)CC2)cc1. The first-order chi connectivity index (χ1) is 17.5. The van der Waals surface area contributed by atoms with Crippen LogP contribution in [0, 0.1) is 0 Å². The van der Waals surface area contributed by atoms with Crippen molar-refractivity contribution in [3.63, 3.8) is 0 Å². The number of rotatable bonds is 9. The van der Waals surface area contributed by atoms with Crippen LogP contribution >= 0.6 is 11.3 Å². The number of likely N-dealkylation sites (tertiary alicyclic amines) is 1. The highest BCUT2D eigenvalue weighted by molar-refractivity contribution is 7.10. The zero-order chi connectivity index (χ0) is 25.5. The molecule has 0 aliphatic carbocycles. The molecule has 2 aromatic heterocycles. The number of nitrogens with one attached hydrogen (secondary N) is 1. The fourth-order valence-electron chi connectivity index (χ4n) is 4.03. The van der Waals surface area contributed by atoms with Crippen LogP contribution in [-0.4, -0.2) is 59.8 Å². The van der Waals surface area contributed by atoms with Gasteiger partial charge in [0, 0.05) is 48.9 Å². The van der Waals surface area contributed by atoms with Crippen molar-refractivity contribution in [3.05, 3.63) is 64.2 Å². The van der Waals surface area contributed by atoms with E-state index in [-0.39, 0.29) is 36.4 Å². The molecule has 0 bridgehead atoms. The van der Waals surface area contributed by atoms with Crippen molar-refractivity contribution in [1.29, 1.82) is 0 Å². The molecule has 3 heterocycles. The molecule has 1 saturated heterocycles. The number of anilines is 1. The summed E-state index contributed by atoms with van der Waals surface area (Å²) in [7, 11) is 3.10. The molecule has 9 nitrogen and oxygen atoms in total. The summed E-state index contributed by atoms with van der Waals surface area (Å²) < 4.78 is 10.1. The minimum Gasteiger partial charge on any atom is -0.497 e. The number of hydrogen-bond donors (Lipinski definition) is 1. The van der Waals surface area contributed by atoms with Crippen molar-refractivity contribution in [2.75, 3.05) is 32.6 Å². The first kappa shape index (κ1) is 25.3. The molecular weight excluding hydrogens is 480 g/mol. The lowest BCUT2D eigenvalue weighted by molar-refractivity contribution is -0.132. The number of carbonyl (C=O) groups excluding carboxylic acids is 3. The monoisotopic (exact) mass is 508 g/mol. The van der Waals surface area contributed by atoms with Gasteiger partial charge in [-0.15, -0.1) is 11.3 Å². The number of nitrogens with zero attached hydrogens (tertiary/aromatic N) is 3. The summed E-state index contributed by atoms with van der Waals surface area (Å²) in [4.78, 5) is 48.1. The number of benzene rings is 1. The maximum atomic E-state index is 12.7. The Morgan fingerprint density at radius 3 is 2.42 bits per heavy atom. The molecule has 2 amide bonds. The second-order valence-electron chi connectivity index (χ2n) is 8.42. The van der Waals surface area contributed by atoms with Gasteiger partial charge in [-0.25, -0.2) is 9.97 Å². The normalized spacial score (nSPS) is 13.8. The zero-order valence-corrected chi connectivity index (χ0v) is 21.0. The minimum absolute atomic E-state index is 0.0115. The Hall–Kier alpha value is -3.79. The lowest BCUT2D eigenvalue weighted by Gasteiger charge is -2.31. The van der Waals surface area contributed by atoms with Gasteiger partial charge in [-0.3, -0.25) is 14.4 Å². The van der Waals surface area contributed by atoms with E-state index in [9.17, 15) is 14.4 Å². The first-order valence-electron chi connectivity index (χ1n) is 11.7. The van der Waals surface area contributed by atoms with Gasteiger partial charge >= 0.3 is 0 Å². The van der Waals surface area contributed by atoms with Crippen LogP contribution in [0.2, 0.25) is 0 Å². The average Bonchev–Trinajstić information content (AvgIpc) is 3.43. The highest BCUT2D eigenvalue weighted by Gasteiger charge is 2.26. The Labute approximate surface area is 213 Å². The van der Waals surface area contributed by atoms with Crippen molar-refractivity contribution >= 4 is 34.6 Å². The molecule has 0 saturated carbocycles. The van der Waals surface area contributed by atoms with Crippen molar-refractivity contribution < 1.29 is 23.9 Å². The van der Waals surface area contributed by atoms with Crippen LogP contribution in [0.5, 0.6) is 11.6 Å². The molecule has 1 aliphatic rings. The summed E-state index contributed by atoms with van der Waals surface area (Å²) >= 11 is 1.46. The van der Waals surface area contributed by atoms with E-state index in [0.717, 1.165) is 17.8 Å². The van der Waals surface area contributed by atoms with Crippen molar-refractivity contribution in [3.8, 4) is 11.6 Å². The van der Waals surface area contributed by atoms with E-state index in [1.165, 1.54) is 24.6 Å². The van der Waals surface area contributed by atoms with Gasteiger partial charge in [-0.1, -0.05) is 0 Å². The molecule has 0 radical (unpaired) electrons. The molecule has 10 heteroatoms. The van der Waals surface area contributed by atoms with Crippen molar-refractivity contribution in [2.24, 2.45) is 0 Å². The van der Waals surface area contributed by atoms with Gasteiger partial charge in [-0.05, 0) is 43.2 Å². The molecule has 36 heavy (non-hydrogen) atoms. The summed E-state index contributed by atoms with van der Waals surface area (Å²) in [6.07, 6.45) is 3.45. The molecule has 4 rings (SSSR count). The minimum atomic E-state index is -0.293. The molecule has 1 fully saturated rings. The summed E-state index contributed by atoms with van der Waals surface area (Å²) in [5.41, 5.74) is 1.50. The third-order valence-corrected chi connectivity index (χ3v) is 7.14. The van der Waals surface area contributed by atoms with Crippen molar-refractivity contribution in [1.82, 2.24) is 14.9 Å². The number of amides is 2. The quantitative estimate of drug-likeness (QED) is 0.432. The lowest BCUT2D eigenvalue weighted by Crippen LogP contribution is -2.38. The molecule has 188 valence electrons. The lowest BCUT2D eigenvalue weighted by atomic mass is 9.97. The number of hydrogen-bond acceptors (Lipinski definition) is 8. The topological polar surface area (TPSA) is 111 Å². The fourth-order valence-corrected chi connectivity index (χ4v) is 5.00. The standard InChI is InChI=1S/C26H28N4O5S/c1-34-20-6-3-17(4-7-20)22(31)8-10-24(32)30-13-11-18(12-14-30)26-29-21(16-36-26)25(33)28-19-5-9-23(35-2)27-15-19/h3-7,9,15-16,18H,8,10-14H2,1-2H3,(H,28,33). The van der Waals surface area contributed by atoms with Crippen LogP contribution < -0.4 is 14.8 Å². The molecule has 3 aromatic rings. The molecule has 1 aromatic carbocycles. The molecule has 0 atom stereocenters. The van der Waals surface area contributed by atoms with Gasteiger partial charge in [0.1, 0.15) is 11.4 Å². The van der Waals surface area contributed by atoms with Crippen molar-refractivity contribution in [2.45, 2.75) is 31.6 Å². The maximum absolute atomic E-state index is 12.7. The Balaban J connectivity index is 1.24. The van der Waals surface area contributed by atoms with E-state index >= 15 is 0 Å². The second-order valence-corrected chi connectivity index (χ2v) is 9.31. The van der Waals surface area contributed by atoms with Gasteiger partial charge < -0.3 is 19.7 Å². The summed E-state index contributed by atoms with van der Waals surface area (Å²) in [6, 6.07) is 10.3. The Bertz CT molecular complexity index is 1200. The smallest absolute Gasteiger partial charge is 0.275 e. The predicted molar refractivity (Wildman–Crippen MR) is 136 cm³/mol. The van der Waals surface area contributed by atoms with E-state index in [0.29, 0.717) is 41.7 Å². The van der Waals surface area contributed by atoms with E-state index in [4.69, 9.17) is 9.47 Å². The number of piperidine rings is 1. The Morgan fingerprint density at radius 1 is 1.03 bits per heavy atom. The van der Waals surface area contributed by atoms with E-state index in [2.05, 4.69) is 15.3 Å². The van der Waals surface area contributed by atoms with Gasteiger partial charge in [-0.2, -0.15) is 0 Å². The van der Waals surface area contributed by atoms with Gasteiger partial charge in [0.05, 0.1) is 31.1 Å². The van der Waals surface area contributed by atoms with Crippen LogP contribution in [0.1, 0.15) is 57.5 Å². The third-order valence-electron chi connectivity index (χ3n) is 6.13. The highest BCUT2D eigenvalue weighted by Crippen LogP contribution is 2.31. The van der Waals surface area contributed by atoms with Crippen LogP contribution in [0.15, 0.2) is 48.0 Å². The molecule has 1 aliphatic heterocycles. The molecular formula is C26H28N4O5S. The molecule has 1 N–H and O–H groups in total. The summed E-state index contributed by atoms with van der Waals surface area (Å²) in [5.74, 6) is 0.996. The second kappa shape index (κ2) is 11.8. The van der Waals surface area contributed by atoms with E-state index in [1.54, 1.807) is 48.9 Å². The zero-order valence-electron chi connectivity index (χ0n) is 20.2. The fraction of sp³-hybridized carbons (Fsp3) is 0.346. The Kier molecular flexibility index (Phi) is 8.27. The van der Waals surface area contributed by atoms with Crippen LogP contribution in [-0.2, 0) is 4.79 Å². The highest BCUT2D eigenvalue weighted by atomic mass is 32.1. The average molecular weight is 509 g/mol. The largest absolute Gasteiger partial charge is 0.497 e. The molecule has 0 spiro atoms. The van der Waals surface area contributed by atoms with Crippen LogP contribution in [0.25, 0.3) is 0 Å². The number of Topliss-reactive ketones (excluding diaryl/α,β-unsaturated/α-hetero) is 1. The number of ether oxygens (including phenoxy) is 2. The number of thiazole rings is 1. The van der Waals surface area contributed by atoms with Crippen LogP contribution in [0.3, 0.4) is 0 Å². The van der Waals surface area contributed by atoms with Crippen LogP contribution in [0.4, 0.5) is 5.69 Å². The number of carbonyl (C=O) groups is 3. The maximum Gasteiger partial charge on any atom is 0.275 e. The third kappa shape index (κ3) is 6.25. The van der Waals surface area contributed by atoms with E-state index in [1.807, 2.05) is 4.90 Å². The number of pyridine rings is 1. The van der Waals surface area contributed by atoms with Gasteiger partial charge in [0.2, 0.25) is 11.8 Å².